The zero-order valence-electron chi connectivity index (χ0n) is 18.9. The molecule has 2 aliphatic rings. The van der Waals surface area contributed by atoms with Crippen LogP contribution < -0.4 is 15.0 Å². The first-order valence-electron chi connectivity index (χ1n) is 11.6. The second-order valence-electron chi connectivity index (χ2n) is 8.84. The predicted octanol–water partition coefficient (Wildman–Crippen LogP) is 4.28. The van der Waals surface area contributed by atoms with Crippen molar-refractivity contribution in [2.45, 2.75) is 51.7 Å². The molecular weight excluding hydrogens is 402 g/mol. The number of aromatic nitrogens is 3. The van der Waals surface area contributed by atoms with Gasteiger partial charge in [0.1, 0.15) is 11.3 Å². The highest BCUT2D eigenvalue weighted by Crippen LogP contribution is 2.33. The third kappa shape index (κ3) is 4.78. The summed E-state index contributed by atoms with van der Waals surface area (Å²) in [4.78, 5) is 15.9. The standard InChI is InChI=1S/C25H31N5O2/c1-17-13-20(14-18(2)28-17)29-19-3-5-22(6-4-19)32-24-16-21(30-9-11-31-12-10-30)15-23-25(24)27-8-7-26-23/h7-8,13-16,19,22H,3-6,9-12H2,1-2H3,(H,28,29)/t19-,22+. The molecule has 0 spiro atoms. The van der Waals surface area contributed by atoms with E-state index < -0.39 is 0 Å². The summed E-state index contributed by atoms with van der Waals surface area (Å²) in [6.45, 7) is 7.36. The van der Waals surface area contributed by atoms with Gasteiger partial charge in [-0.25, -0.2) is 4.98 Å². The number of aryl methyl sites for hydroxylation is 2. The highest BCUT2D eigenvalue weighted by Gasteiger charge is 2.24. The Labute approximate surface area is 189 Å². The lowest BCUT2D eigenvalue weighted by atomic mass is 9.92. The molecular formula is C25H31N5O2. The number of benzene rings is 1. The van der Waals surface area contributed by atoms with Crippen molar-refractivity contribution in [2.24, 2.45) is 0 Å². The molecule has 168 valence electrons. The maximum absolute atomic E-state index is 6.54. The molecule has 1 N–H and O–H groups in total. The fraction of sp³-hybridized carbons (Fsp3) is 0.480. The highest BCUT2D eigenvalue weighted by molar-refractivity contribution is 5.85. The molecule has 7 heteroatoms. The lowest BCUT2D eigenvalue weighted by Gasteiger charge is -2.32. The van der Waals surface area contributed by atoms with E-state index in [4.69, 9.17) is 9.47 Å². The van der Waals surface area contributed by atoms with Crippen molar-refractivity contribution < 1.29 is 9.47 Å². The maximum atomic E-state index is 6.54. The van der Waals surface area contributed by atoms with Crippen molar-refractivity contribution in [3.8, 4) is 5.75 Å². The number of fused-ring (bicyclic) bond motifs is 1. The van der Waals surface area contributed by atoms with Gasteiger partial charge in [0.15, 0.2) is 0 Å². The number of nitrogens with one attached hydrogen (secondary N) is 1. The van der Waals surface area contributed by atoms with Crippen LogP contribution in [-0.2, 0) is 4.74 Å². The molecule has 1 aliphatic carbocycles. The Morgan fingerprint density at radius 1 is 0.938 bits per heavy atom. The molecule has 32 heavy (non-hydrogen) atoms. The summed E-state index contributed by atoms with van der Waals surface area (Å²) >= 11 is 0. The molecule has 1 saturated heterocycles. The molecule has 5 rings (SSSR count). The summed E-state index contributed by atoms with van der Waals surface area (Å²) in [7, 11) is 0. The number of anilines is 2. The molecule has 2 fully saturated rings. The number of hydrogen-bond acceptors (Lipinski definition) is 7. The molecule has 3 aromatic rings. The zero-order valence-corrected chi connectivity index (χ0v) is 18.9. The van der Waals surface area contributed by atoms with Gasteiger partial charge in [-0.05, 0) is 57.7 Å². The minimum atomic E-state index is 0.194. The van der Waals surface area contributed by atoms with Crippen LogP contribution in [-0.4, -0.2) is 53.4 Å². The molecule has 0 atom stereocenters. The van der Waals surface area contributed by atoms with Gasteiger partial charge in [-0.15, -0.1) is 0 Å². The topological polar surface area (TPSA) is 72.4 Å². The summed E-state index contributed by atoms with van der Waals surface area (Å²) < 4.78 is 12.1. The van der Waals surface area contributed by atoms with Gasteiger partial charge in [0.25, 0.3) is 0 Å². The van der Waals surface area contributed by atoms with Crippen molar-refractivity contribution in [2.75, 3.05) is 36.5 Å². The summed E-state index contributed by atoms with van der Waals surface area (Å²) in [5.41, 5.74) is 6.13. The van der Waals surface area contributed by atoms with E-state index in [2.05, 4.69) is 49.4 Å². The fourth-order valence-corrected chi connectivity index (χ4v) is 4.78. The molecule has 0 unspecified atom stereocenters. The van der Waals surface area contributed by atoms with Gasteiger partial charge in [-0.1, -0.05) is 0 Å². The largest absolute Gasteiger partial charge is 0.488 e. The van der Waals surface area contributed by atoms with Gasteiger partial charge in [-0.3, -0.25) is 9.97 Å². The highest BCUT2D eigenvalue weighted by atomic mass is 16.5. The number of nitrogens with zero attached hydrogens (tertiary/aromatic N) is 4. The van der Waals surface area contributed by atoms with Crippen LogP contribution in [0.2, 0.25) is 0 Å². The fourth-order valence-electron chi connectivity index (χ4n) is 4.78. The van der Waals surface area contributed by atoms with Gasteiger partial charge in [0.05, 0.1) is 24.8 Å². The Kier molecular flexibility index (Phi) is 6.08. The third-order valence-electron chi connectivity index (χ3n) is 6.32. The number of morpholine rings is 1. The SMILES string of the molecule is Cc1cc(N[C@H]2CC[C@@H](Oc3cc(N4CCOCC4)cc4nccnc34)CC2)cc(C)n1. The van der Waals surface area contributed by atoms with E-state index in [9.17, 15) is 0 Å². The quantitative estimate of drug-likeness (QED) is 0.644. The van der Waals surface area contributed by atoms with Crippen molar-refractivity contribution in [1.82, 2.24) is 15.0 Å². The van der Waals surface area contributed by atoms with Crippen molar-refractivity contribution in [1.29, 1.82) is 0 Å². The van der Waals surface area contributed by atoms with Crippen LogP contribution in [0.25, 0.3) is 11.0 Å². The van der Waals surface area contributed by atoms with E-state index >= 15 is 0 Å². The first-order chi connectivity index (χ1) is 15.6. The van der Waals surface area contributed by atoms with Crippen molar-refractivity contribution in [3.05, 3.63) is 48.0 Å². The second-order valence-corrected chi connectivity index (χ2v) is 8.84. The monoisotopic (exact) mass is 433 g/mol. The average molecular weight is 434 g/mol. The number of hydrogen-bond donors (Lipinski definition) is 1. The minimum absolute atomic E-state index is 0.194. The van der Waals surface area contributed by atoms with Gasteiger partial charge in [-0.2, -0.15) is 0 Å². The molecule has 1 aliphatic heterocycles. The molecule has 1 saturated carbocycles. The number of ether oxygens (including phenoxy) is 2. The van der Waals surface area contributed by atoms with E-state index in [1.807, 2.05) is 13.8 Å². The first-order valence-corrected chi connectivity index (χ1v) is 11.6. The minimum Gasteiger partial charge on any atom is -0.488 e. The van der Waals surface area contributed by atoms with Crippen LogP contribution in [0.5, 0.6) is 5.75 Å². The molecule has 3 heterocycles. The van der Waals surface area contributed by atoms with E-state index in [-0.39, 0.29) is 6.10 Å². The smallest absolute Gasteiger partial charge is 0.149 e. The average Bonchev–Trinajstić information content (AvgIpc) is 2.80. The van der Waals surface area contributed by atoms with Crippen molar-refractivity contribution in [3.63, 3.8) is 0 Å². The summed E-state index contributed by atoms with van der Waals surface area (Å²) in [5, 5.41) is 3.69. The Balaban J connectivity index is 1.27. The van der Waals surface area contributed by atoms with E-state index in [0.29, 0.717) is 6.04 Å². The zero-order chi connectivity index (χ0) is 21.9. The lowest BCUT2D eigenvalue weighted by molar-refractivity contribution is 0.122. The maximum Gasteiger partial charge on any atom is 0.149 e. The van der Waals surface area contributed by atoms with Crippen molar-refractivity contribution >= 4 is 22.4 Å². The molecule has 7 nitrogen and oxygen atoms in total. The Bertz CT molecular complexity index is 1050. The summed E-state index contributed by atoms with van der Waals surface area (Å²) in [6.07, 6.45) is 7.88. The molecule has 0 radical (unpaired) electrons. The lowest BCUT2D eigenvalue weighted by Crippen LogP contribution is -2.36. The normalized spacial score (nSPS) is 21.5. The van der Waals surface area contributed by atoms with E-state index in [1.54, 1.807) is 12.4 Å². The van der Waals surface area contributed by atoms with Crippen LogP contribution >= 0.6 is 0 Å². The van der Waals surface area contributed by atoms with Crippen LogP contribution in [0.3, 0.4) is 0 Å². The van der Waals surface area contributed by atoms with Gasteiger partial charge in [0, 0.05) is 60.4 Å². The van der Waals surface area contributed by atoms with Gasteiger partial charge < -0.3 is 19.7 Å². The van der Waals surface area contributed by atoms with Gasteiger partial charge >= 0.3 is 0 Å². The van der Waals surface area contributed by atoms with Gasteiger partial charge in [0.2, 0.25) is 0 Å². The Morgan fingerprint density at radius 2 is 1.66 bits per heavy atom. The first kappa shape index (κ1) is 20.9. The molecule has 1 aromatic carbocycles. The second kappa shape index (κ2) is 9.28. The number of pyridine rings is 1. The summed E-state index contributed by atoms with van der Waals surface area (Å²) in [6, 6.07) is 8.96. The van der Waals surface area contributed by atoms with E-state index in [0.717, 1.165) is 85.8 Å². The Hall–Kier alpha value is -2.93. The molecule has 0 bridgehead atoms. The van der Waals surface area contributed by atoms with Crippen LogP contribution in [0.4, 0.5) is 11.4 Å². The molecule has 0 amide bonds. The Morgan fingerprint density at radius 3 is 2.41 bits per heavy atom. The van der Waals surface area contributed by atoms with E-state index in [1.165, 1.54) is 5.69 Å². The van der Waals surface area contributed by atoms with Crippen LogP contribution in [0.1, 0.15) is 37.1 Å². The molecule has 2 aromatic heterocycles. The number of rotatable bonds is 5. The summed E-state index contributed by atoms with van der Waals surface area (Å²) in [5.74, 6) is 0.842. The predicted molar refractivity (Wildman–Crippen MR) is 127 cm³/mol. The van der Waals surface area contributed by atoms with Crippen LogP contribution in [0, 0.1) is 13.8 Å². The van der Waals surface area contributed by atoms with Crippen LogP contribution in [0.15, 0.2) is 36.7 Å². The third-order valence-corrected chi connectivity index (χ3v) is 6.32.